The molecule has 1 aliphatic rings. The van der Waals surface area contributed by atoms with Gasteiger partial charge in [0.25, 0.3) is 10.0 Å². The van der Waals surface area contributed by atoms with Crippen molar-refractivity contribution in [2.75, 3.05) is 35.5 Å². The van der Waals surface area contributed by atoms with Gasteiger partial charge in [0.1, 0.15) is 0 Å². The molecule has 1 aliphatic heterocycles. The van der Waals surface area contributed by atoms with Crippen molar-refractivity contribution in [2.45, 2.75) is 11.4 Å². The zero-order valence-electron chi connectivity index (χ0n) is 17.0. The number of ether oxygens (including phenoxy) is 1. The molecule has 7 heteroatoms. The highest BCUT2D eigenvalue weighted by atomic mass is 32.2. The molecule has 0 radical (unpaired) electrons. The monoisotopic (exact) mass is 433 g/mol. The normalized spacial score (nSPS) is 14.1. The molecule has 1 fully saturated rings. The van der Waals surface area contributed by atoms with Gasteiger partial charge >= 0.3 is 0 Å². The molecular formula is C24H23N3O3S. The fraction of sp³-hybridized carbons (Fsp3) is 0.208. The van der Waals surface area contributed by atoms with E-state index in [-0.39, 0.29) is 11.4 Å². The van der Waals surface area contributed by atoms with Crippen molar-refractivity contribution in [1.82, 2.24) is 0 Å². The van der Waals surface area contributed by atoms with E-state index >= 15 is 0 Å². The first-order valence-corrected chi connectivity index (χ1v) is 11.5. The Balaban J connectivity index is 1.77. The van der Waals surface area contributed by atoms with Crippen LogP contribution in [0, 0.1) is 11.3 Å². The average Bonchev–Trinajstić information content (AvgIpc) is 2.84. The van der Waals surface area contributed by atoms with E-state index in [0.717, 1.165) is 24.3 Å². The molecule has 0 amide bonds. The molecule has 3 aromatic carbocycles. The summed E-state index contributed by atoms with van der Waals surface area (Å²) in [6, 6.07) is 25.2. The average molecular weight is 434 g/mol. The van der Waals surface area contributed by atoms with Crippen LogP contribution in [0.3, 0.4) is 0 Å². The first-order chi connectivity index (χ1) is 15.1. The number of anilines is 2. The van der Waals surface area contributed by atoms with Gasteiger partial charge in [0.05, 0.1) is 42.0 Å². The van der Waals surface area contributed by atoms with E-state index in [1.807, 2.05) is 54.6 Å². The molecule has 0 saturated carbocycles. The van der Waals surface area contributed by atoms with Gasteiger partial charge in [-0.3, -0.25) is 4.31 Å². The lowest BCUT2D eigenvalue weighted by atomic mass is 10.2. The number of nitriles is 1. The highest BCUT2D eigenvalue weighted by molar-refractivity contribution is 7.92. The molecule has 31 heavy (non-hydrogen) atoms. The van der Waals surface area contributed by atoms with Gasteiger partial charge < -0.3 is 9.64 Å². The van der Waals surface area contributed by atoms with Gasteiger partial charge in [-0.2, -0.15) is 5.26 Å². The van der Waals surface area contributed by atoms with E-state index in [1.165, 1.54) is 16.4 Å². The summed E-state index contributed by atoms with van der Waals surface area (Å²) in [5.74, 6) is 0. The molecule has 6 nitrogen and oxygen atoms in total. The van der Waals surface area contributed by atoms with Gasteiger partial charge in [0.2, 0.25) is 0 Å². The minimum absolute atomic E-state index is 0.0965. The topological polar surface area (TPSA) is 73.6 Å². The Morgan fingerprint density at radius 3 is 2.42 bits per heavy atom. The maximum atomic E-state index is 13.7. The number of hydrogen-bond acceptors (Lipinski definition) is 5. The molecule has 1 saturated heterocycles. The van der Waals surface area contributed by atoms with Gasteiger partial charge in [-0.05, 0) is 42.0 Å². The fourth-order valence-electron chi connectivity index (χ4n) is 3.58. The summed E-state index contributed by atoms with van der Waals surface area (Å²) in [6.07, 6.45) is 0. The maximum Gasteiger partial charge on any atom is 0.264 e. The largest absolute Gasteiger partial charge is 0.378 e. The Morgan fingerprint density at radius 1 is 0.935 bits per heavy atom. The molecule has 3 aromatic rings. The predicted octanol–water partition coefficient (Wildman–Crippen LogP) is 3.79. The summed E-state index contributed by atoms with van der Waals surface area (Å²) in [5, 5.41) is 9.23. The van der Waals surface area contributed by atoms with Crippen molar-refractivity contribution in [3.05, 3.63) is 90.0 Å². The van der Waals surface area contributed by atoms with Crippen molar-refractivity contribution in [3.8, 4) is 6.07 Å². The molecular weight excluding hydrogens is 410 g/mol. The van der Waals surface area contributed by atoms with E-state index < -0.39 is 10.0 Å². The van der Waals surface area contributed by atoms with Crippen LogP contribution in [0.15, 0.2) is 83.8 Å². The Labute approximate surface area is 183 Å². The van der Waals surface area contributed by atoms with Crippen molar-refractivity contribution >= 4 is 21.4 Å². The third-order valence-electron chi connectivity index (χ3n) is 5.21. The van der Waals surface area contributed by atoms with Crippen LogP contribution >= 0.6 is 0 Å². The van der Waals surface area contributed by atoms with Crippen LogP contribution in [0.25, 0.3) is 0 Å². The van der Waals surface area contributed by atoms with E-state index in [2.05, 4.69) is 4.90 Å². The van der Waals surface area contributed by atoms with Crippen LogP contribution in [0.5, 0.6) is 0 Å². The molecule has 0 unspecified atom stereocenters. The van der Waals surface area contributed by atoms with Crippen LogP contribution in [0.1, 0.15) is 11.1 Å². The van der Waals surface area contributed by atoms with Crippen molar-refractivity contribution in [2.24, 2.45) is 0 Å². The van der Waals surface area contributed by atoms with Crippen molar-refractivity contribution < 1.29 is 13.2 Å². The summed E-state index contributed by atoms with van der Waals surface area (Å²) < 4.78 is 34.2. The predicted molar refractivity (Wildman–Crippen MR) is 120 cm³/mol. The zero-order chi connectivity index (χ0) is 21.7. The molecule has 4 rings (SSSR count). The Bertz CT molecular complexity index is 1180. The highest BCUT2D eigenvalue weighted by Gasteiger charge is 2.26. The summed E-state index contributed by atoms with van der Waals surface area (Å²) in [4.78, 5) is 2.29. The van der Waals surface area contributed by atoms with Crippen molar-refractivity contribution in [1.29, 1.82) is 5.26 Å². The van der Waals surface area contributed by atoms with Gasteiger partial charge in [-0.25, -0.2) is 8.42 Å². The van der Waals surface area contributed by atoms with E-state index in [0.29, 0.717) is 24.5 Å². The van der Waals surface area contributed by atoms with Crippen molar-refractivity contribution in [3.63, 3.8) is 0 Å². The first-order valence-electron chi connectivity index (χ1n) is 10.1. The SMILES string of the molecule is N#Cc1cccc(S(=O)(=O)N(Cc2ccccc2)c2cccc(N3CCOCC3)c2)c1. The number of nitrogens with zero attached hydrogens (tertiary/aromatic N) is 3. The third kappa shape index (κ3) is 4.71. The minimum Gasteiger partial charge on any atom is -0.378 e. The molecule has 0 atom stereocenters. The second-order valence-corrected chi connectivity index (χ2v) is 9.12. The number of benzene rings is 3. The van der Waals surface area contributed by atoms with Gasteiger partial charge in [0, 0.05) is 18.8 Å². The van der Waals surface area contributed by atoms with Crippen LogP contribution in [-0.4, -0.2) is 34.7 Å². The van der Waals surface area contributed by atoms with Gasteiger partial charge in [-0.15, -0.1) is 0 Å². The standard InChI is InChI=1S/C24H23N3O3S/c25-18-21-8-4-11-24(16-21)31(28,29)27(19-20-6-2-1-3-7-20)23-10-5-9-22(17-23)26-12-14-30-15-13-26/h1-11,16-17H,12-15,19H2. The maximum absolute atomic E-state index is 13.7. The molecule has 0 spiro atoms. The van der Waals surface area contributed by atoms with Crippen LogP contribution in [0.4, 0.5) is 11.4 Å². The first kappa shape index (κ1) is 20.9. The molecule has 0 N–H and O–H groups in total. The van der Waals surface area contributed by atoms with Gasteiger partial charge in [-0.1, -0.05) is 42.5 Å². The van der Waals surface area contributed by atoms with Crippen LogP contribution in [0.2, 0.25) is 0 Å². The summed E-state index contributed by atoms with van der Waals surface area (Å²) >= 11 is 0. The lowest BCUT2D eigenvalue weighted by Crippen LogP contribution is -2.36. The molecule has 158 valence electrons. The quantitative estimate of drug-likeness (QED) is 0.591. The molecule has 1 heterocycles. The number of morpholine rings is 1. The number of sulfonamides is 1. The molecule has 0 aliphatic carbocycles. The Morgan fingerprint density at radius 2 is 1.68 bits per heavy atom. The Hall–Kier alpha value is -3.34. The molecule has 0 aromatic heterocycles. The summed E-state index contributed by atoms with van der Waals surface area (Å²) in [7, 11) is -3.89. The number of hydrogen-bond donors (Lipinski definition) is 0. The van der Waals surface area contributed by atoms with E-state index in [1.54, 1.807) is 18.2 Å². The van der Waals surface area contributed by atoms with E-state index in [4.69, 9.17) is 4.74 Å². The lowest BCUT2D eigenvalue weighted by Gasteiger charge is -2.30. The smallest absolute Gasteiger partial charge is 0.264 e. The lowest BCUT2D eigenvalue weighted by molar-refractivity contribution is 0.122. The van der Waals surface area contributed by atoms with E-state index in [9.17, 15) is 13.7 Å². The molecule has 0 bridgehead atoms. The summed E-state index contributed by atoms with van der Waals surface area (Å²) in [5.41, 5.74) is 2.72. The Kier molecular flexibility index (Phi) is 6.21. The highest BCUT2D eigenvalue weighted by Crippen LogP contribution is 2.30. The van der Waals surface area contributed by atoms with Gasteiger partial charge in [0.15, 0.2) is 0 Å². The fourth-order valence-corrected chi connectivity index (χ4v) is 5.08. The zero-order valence-corrected chi connectivity index (χ0v) is 17.8. The van der Waals surface area contributed by atoms with Crippen LogP contribution in [-0.2, 0) is 21.3 Å². The second kappa shape index (κ2) is 9.21. The second-order valence-electron chi connectivity index (χ2n) is 7.26. The number of rotatable bonds is 6. The minimum atomic E-state index is -3.89. The summed E-state index contributed by atoms with van der Waals surface area (Å²) in [6.45, 7) is 3.01. The van der Waals surface area contributed by atoms with Crippen LogP contribution < -0.4 is 9.21 Å². The third-order valence-corrected chi connectivity index (χ3v) is 6.98.